The van der Waals surface area contributed by atoms with Gasteiger partial charge in [-0.25, -0.2) is 13.2 Å². The summed E-state index contributed by atoms with van der Waals surface area (Å²) >= 11 is 1.18. The number of hydrogen-bond donors (Lipinski definition) is 2. The second-order valence-corrected chi connectivity index (χ2v) is 8.38. The number of anilines is 2. The molecule has 0 unspecified atom stereocenters. The average molecular weight is 376 g/mol. The third-order valence-corrected chi connectivity index (χ3v) is 6.97. The van der Waals surface area contributed by atoms with Gasteiger partial charge < -0.3 is 10.5 Å². The van der Waals surface area contributed by atoms with Crippen LogP contribution < -0.4 is 10.5 Å². The standard InChI is InChI=1S/C17H16N2O4S2/c1-10-14-9-12(18)6-7-15(14)24-17(10)25(21,22)19-13-5-3-4-11(8-13)16(20)23-2/h3-9,19H,18H2,1-2H3. The van der Waals surface area contributed by atoms with Gasteiger partial charge in [-0.1, -0.05) is 6.07 Å². The lowest BCUT2D eigenvalue weighted by atomic mass is 10.2. The Kier molecular flexibility index (Phi) is 4.40. The first-order chi connectivity index (χ1) is 11.8. The molecule has 3 N–H and O–H groups in total. The first kappa shape index (κ1) is 17.2. The van der Waals surface area contributed by atoms with Crippen molar-refractivity contribution >= 4 is 48.8 Å². The molecule has 3 rings (SSSR count). The molecule has 0 aliphatic heterocycles. The summed E-state index contributed by atoms with van der Waals surface area (Å²) < 4.78 is 33.8. The van der Waals surface area contributed by atoms with Gasteiger partial charge in [-0.3, -0.25) is 4.72 Å². The van der Waals surface area contributed by atoms with E-state index in [4.69, 9.17) is 5.73 Å². The van der Waals surface area contributed by atoms with Gasteiger partial charge in [0.15, 0.2) is 0 Å². The predicted octanol–water partition coefficient (Wildman–Crippen LogP) is 3.38. The Bertz CT molecular complexity index is 1070. The van der Waals surface area contributed by atoms with E-state index in [0.717, 1.165) is 10.1 Å². The summed E-state index contributed by atoms with van der Waals surface area (Å²) in [6, 6.07) is 11.5. The number of carbonyl (C=O) groups excluding carboxylic acids is 1. The molecule has 3 aromatic rings. The Morgan fingerprint density at radius 3 is 2.68 bits per heavy atom. The van der Waals surface area contributed by atoms with Crippen molar-refractivity contribution in [2.45, 2.75) is 11.1 Å². The zero-order chi connectivity index (χ0) is 18.2. The highest BCUT2D eigenvalue weighted by atomic mass is 32.2. The summed E-state index contributed by atoms with van der Waals surface area (Å²) in [5.41, 5.74) is 7.57. The third-order valence-electron chi connectivity index (χ3n) is 3.70. The molecular weight excluding hydrogens is 360 g/mol. The Labute approximate surface area is 149 Å². The highest BCUT2D eigenvalue weighted by molar-refractivity contribution is 7.94. The van der Waals surface area contributed by atoms with Crippen molar-refractivity contribution in [2.75, 3.05) is 17.6 Å². The zero-order valence-corrected chi connectivity index (χ0v) is 15.2. The van der Waals surface area contributed by atoms with E-state index in [1.807, 2.05) is 0 Å². The Morgan fingerprint density at radius 2 is 1.96 bits per heavy atom. The summed E-state index contributed by atoms with van der Waals surface area (Å²) in [6.07, 6.45) is 0. The van der Waals surface area contributed by atoms with Crippen LogP contribution in [0.1, 0.15) is 15.9 Å². The van der Waals surface area contributed by atoms with Crippen LogP contribution in [-0.4, -0.2) is 21.5 Å². The molecule has 1 aromatic heterocycles. The minimum atomic E-state index is -3.79. The van der Waals surface area contributed by atoms with Gasteiger partial charge in [0.1, 0.15) is 4.21 Å². The molecule has 130 valence electrons. The number of esters is 1. The maximum Gasteiger partial charge on any atom is 0.337 e. The van der Waals surface area contributed by atoms with Crippen LogP contribution in [0.4, 0.5) is 11.4 Å². The number of nitrogen functional groups attached to an aromatic ring is 1. The van der Waals surface area contributed by atoms with Crippen LogP contribution in [0.2, 0.25) is 0 Å². The molecule has 8 heteroatoms. The molecule has 0 aliphatic rings. The molecule has 0 saturated heterocycles. The van der Waals surface area contributed by atoms with E-state index in [2.05, 4.69) is 9.46 Å². The number of aryl methyl sites for hydroxylation is 1. The Hall–Kier alpha value is -2.58. The number of ether oxygens (including phenoxy) is 1. The number of nitrogens with two attached hydrogens (primary N) is 1. The largest absolute Gasteiger partial charge is 0.465 e. The fourth-order valence-corrected chi connectivity index (χ4v) is 5.30. The number of thiophene rings is 1. The lowest BCUT2D eigenvalue weighted by molar-refractivity contribution is 0.0601. The van der Waals surface area contributed by atoms with Gasteiger partial charge in [-0.15, -0.1) is 11.3 Å². The van der Waals surface area contributed by atoms with Gasteiger partial charge in [0.25, 0.3) is 10.0 Å². The number of carbonyl (C=O) groups is 1. The summed E-state index contributed by atoms with van der Waals surface area (Å²) in [5, 5.41) is 0.814. The summed E-state index contributed by atoms with van der Waals surface area (Å²) in [5.74, 6) is -0.533. The van der Waals surface area contributed by atoms with Crippen molar-refractivity contribution in [3.63, 3.8) is 0 Å². The first-order valence-corrected chi connectivity index (χ1v) is 9.61. The number of methoxy groups -OCH3 is 1. The molecule has 0 fully saturated rings. The van der Waals surface area contributed by atoms with Crippen molar-refractivity contribution < 1.29 is 17.9 Å². The molecule has 0 radical (unpaired) electrons. The van der Waals surface area contributed by atoms with Gasteiger partial charge in [-0.2, -0.15) is 0 Å². The van der Waals surface area contributed by atoms with Crippen LogP contribution in [0, 0.1) is 6.92 Å². The summed E-state index contributed by atoms with van der Waals surface area (Å²) in [4.78, 5) is 11.6. The maximum atomic E-state index is 12.8. The molecule has 0 saturated carbocycles. The normalized spacial score (nSPS) is 11.4. The van der Waals surface area contributed by atoms with E-state index in [-0.39, 0.29) is 9.77 Å². The second-order valence-electron chi connectivity index (χ2n) is 5.45. The van der Waals surface area contributed by atoms with Crippen LogP contribution >= 0.6 is 11.3 Å². The van der Waals surface area contributed by atoms with Crippen molar-refractivity contribution in [1.82, 2.24) is 0 Å². The number of nitrogens with one attached hydrogen (secondary N) is 1. The van der Waals surface area contributed by atoms with Gasteiger partial charge >= 0.3 is 5.97 Å². The molecule has 6 nitrogen and oxygen atoms in total. The topological polar surface area (TPSA) is 98.5 Å². The Morgan fingerprint density at radius 1 is 1.20 bits per heavy atom. The summed E-state index contributed by atoms with van der Waals surface area (Å²) in [7, 11) is -2.52. The lowest BCUT2D eigenvalue weighted by Crippen LogP contribution is -2.13. The third kappa shape index (κ3) is 3.31. The van der Waals surface area contributed by atoms with E-state index in [0.29, 0.717) is 16.9 Å². The van der Waals surface area contributed by atoms with E-state index in [1.54, 1.807) is 43.3 Å². The van der Waals surface area contributed by atoms with Gasteiger partial charge in [0.2, 0.25) is 0 Å². The molecule has 0 spiro atoms. The number of rotatable bonds is 4. The summed E-state index contributed by atoms with van der Waals surface area (Å²) in [6.45, 7) is 1.75. The molecule has 1 heterocycles. The Balaban J connectivity index is 2.00. The molecule has 0 bridgehead atoms. The van der Waals surface area contributed by atoms with E-state index >= 15 is 0 Å². The van der Waals surface area contributed by atoms with Gasteiger partial charge in [0.05, 0.1) is 12.7 Å². The second kappa shape index (κ2) is 6.38. The molecule has 0 amide bonds. The van der Waals surface area contributed by atoms with Crippen molar-refractivity contribution in [3.8, 4) is 0 Å². The molecule has 2 aromatic carbocycles. The van der Waals surface area contributed by atoms with Crippen molar-refractivity contribution in [2.24, 2.45) is 0 Å². The zero-order valence-electron chi connectivity index (χ0n) is 13.6. The highest BCUT2D eigenvalue weighted by Crippen LogP contribution is 2.36. The number of hydrogen-bond acceptors (Lipinski definition) is 6. The van der Waals surface area contributed by atoms with Crippen molar-refractivity contribution in [3.05, 3.63) is 53.6 Å². The van der Waals surface area contributed by atoms with E-state index < -0.39 is 16.0 Å². The van der Waals surface area contributed by atoms with Crippen LogP contribution in [0.15, 0.2) is 46.7 Å². The van der Waals surface area contributed by atoms with E-state index in [1.165, 1.54) is 24.5 Å². The quantitative estimate of drug-likeness (QED) is 0.537. The van der Waals surface area contributed by atoms with Crippen LogP contribution in [0.5, 0.6) is 0 Å². The van der Waals surface area contributed by atoms with Crippen LogP contribution in [0.3, 0.4) is 0 Å². The lowest BCUT2D eigenvalue weighted by Gasteiger charge is -2.08. The van der Waals surface area contributed by atoms with Gasteiger partial charge in [-0.05, 0) is 54.3 Å². The van der Waals surface area contributed by atoms with Crippen LogP contribution in [-0.2, 0) is 14.8 Å². The predicted molar refractivity (Wildman–Crippen MR) is 99.6 cm³/mol. The monoisotopic (exact) mass is 376 g/mol. The van der Waals surface area contributed by atoms with Gasteiger partial charge in [0, 0.05) is 16.1 Å². The van der Waals surface area contributed by atoms with Crippen molar-refractivity contribution in [1.29, 1.82) is 0 Å². The molecular formula is C17H16N2O4S2. The minimum absolute atomic E-state index is 0.219. The average Bonchev–Trinajstić information content (AvgIpc) is 2.91. The smallest absolute Gasteiger partial charge is 0.337 e. The fourth-order valence-electron chi connectivity index (χ4n) is 2.50. The fraction of sp³-hybridized carbons (Fsp3) is 0.118. The highest BCUT2D eigenvalue weighted by Gasteiger charge is 2.22. The molecule has 0 aliphatic carbocycles. The minimum Gasteiger partial charge on any atom is -0.465 e. The maximum absolute atomic E-state index is 12.8. The van der Waals surface area contributed by atoms with E-state index in [9.17, 15) is 13.2 Å². The van der Waals surface area contributed by atoms with Crippen LogP contribution in [0.25, 0.3) is 10.1 Å². The molecule has 25 heavy (non-hydrogen) atoms. The number of fused-ring (bicyclic) bond motifs is 1. The molecule has 0 atom stereocenters. The number of sulfonamides is 1. The number of benzene rings is 2. The first-order valence-electron chi connectivity index (χ1n) is 7.31. The SMILES string of the molecule is COC(=O)c1cccc(NS(=O)(=O)c2sc3ccc(N)cc3c2C)c1.